The molecule has 0 aliphatic rings. The fraction of sp³-hybridized carbons (Fsp3) is 0.150. The molecule has 4 aromatic rings. The fourth-order valence-electron chi connectivity index (χ4n) is 2.82. The highest BCUT2D eigenvalue weighted by atomic mass is 32.1. The van der Waals surface area contributed by atoms with Crippen molar-refractivity contribution in [2.75, 3.05) is 11.4 Å². The van der Waals surface area contributed by atoms with E-state index in [1.807, 2.05) is 28.3 Å². The van der Waals surface area contributed by atoms with Gasteiger partial charge in [-0.3, -0.25) is 9.69 Å². The zero-order valence-electron chi connectivity index (χ0n) is 15.2. The summed E-state index contributed by atoms with van der Waals surface area (Å²) in [5.41, 5.74) is 0.0704. The number of carbonyl (C=O) groups is 1. The highest BCUT2D eigenvalue weighted by molar-refractivity contribution is 7.22. The van der Waals surface area contributed by atoms with E-state index in [1.54, 1.807) is 18.6 Å². The molecular weight excluding hydrogens is 414 g/mol. The number of aryl methyl sites for hydroxylation is 1. The Bertz CT molecular complexity index is 1140. The summed E-state index contributed by atoms with van der Waals surface area (Å²) in [6.45, 7) is 1.06. The van der Waals surface area contributed by atoms with Gasteiger partial charge in [-0.1, -0.05) is 17.4 Å². The van der Waals surface area contributed by atoms with Crippen LogP contribution < -0.4 is 4.90 Å². The molecule has 1 aromatic carbocycles. The largest absolute Gasteiger partial charge is 0.337 e. The Labute approximate surface area is 173 Å². The number of anilines is 1. The summed E-state index contributed by atoms with van der Waals surface area (Å²) in [6, 6.07) is 5.85. The van der Waals surface area contributed by atoms with E-state index in [1.165, 1.54) is 28.4 Å². The van der Waals surface area contributed by atoms with Crippen LogP contribution in [0.4, 0.5) is 13.9 Å². The summed E-state index contributed by atoms with van der Waals surface area (Å²) in [4.78, 5) is 23.6. The zero-order valence-corrected chi connectivity index (χ0v) is 16.8. The Balaban J connectivity index is 1.59. The molecule has 29 heavy (non-hydrogen) atoms. The lowest BCUT2D eigenvalue weighted by atomic mass is 10.3. The van der Waals surface area contributed by atoms with Gasteiger partial charge in [0, 0.05) is 42.5 Å². The number of carbonyl (C=O) groups excluding carboxylic acids is 1. The number of thiophene rings is 1. The molecule has 0 atom stereocenters. The van der Waals surface area contributed by atoms with E-state index in [2.05, 4.69) is 9.97 Å². The quantitative estimate of drug-likeness (QED) is 0.389. The lowest BCUT2D eigenvalue weighted by Gasteiger charge is -2.18. The number of hydrogen-bond donors (Lipinski definition) is 0. The van der Waals surface area contributed by atoms with Crippen LogP contribution in [0.15, 0.2) is 54.4 Å². The summed E-state index contributed by atoms with van der Waals surface area (Å²) in [5.74, 6) is -1.66. The Hall–Kier alpha value is -2.91. The highest BCUT2D eigenvalue weighted by Gasteiger charge is 2.19. The number of hydrogen-bond acceptors (Lipinski definition) is 5. The molecule has 148 valence electrons. The van der Waals surface area contributed by atoms with Crippen molar-refractivity contribution >= 4 is 50.0 Å². The van der Waals surface area contributed by atoms with Gasteiger partial charge in [-0.05, 0) is 30.0 Å². The maximum atomic E-state index is 14.1. The van der Waals surface area contributed by atoms with Crippen LogP contribution in [0.3, 0.4) is 0 Å². The third-order valence-corrected chi connectivity index (χ3v) is 6.05. The molecule has 0 unspecified atom stereocenters. The van der Waals surface area contributed by atoms with Gasteiger partial charge in [-0.2, -0.15) is 0 Å². The third kappa shape index (κ3) is 4.57. The van der Waals surface area contributed by atoms with E-state index in [0.29, 0.717) is 29.3 Å². The number of thiazole rings is 1. The van der Waals surface area contributed by atoms with Crippen molar-refractivity contribution in [3.63, 3.8) is 0 Å². The Morgan fingerprint density at radius 3 is 2.97 bits per heavy atom. The number of amides is 1. The van der Waals surface area contributed by atoms with E-state index in [0.717, 1.165) is 22.3 Å². The first-order valence-electron chi connectivity index (χ1n) is 8.84. The van der Waals surface area contributed by atoms with Crippen LogP contribution in [-0.4, -0.2) is 27.0 Å². The minimum Gasteiger partial charge on any atom is -0.337 e. The number of imidazole rings is 1. The van der Waals surface area contributed by atoms with Gasteiger partial charge < -0.3 is 4.57 Å². The standard InChI is InChI=1S/C20H16F2N4OS2/c21-14-11-16(22)19-17(12-14)29-20(24-19)26(8-2-7-25-9-6-23-13-25)18(27)5-4-15-3-1-10-28-15/h1,3-6,9-13H,2,7-8H2/b5-4+. The predicted molar refractivity (Wildman–Crippen MR) is 112 cm³/mol. The summed E-state index contributed by atoms with van der Waals surface area (Å²) in [7, 11) is 0. The van der Waals surface area contributed by atoms with Crippen LogP contribution in [0.2, 0.25) is 0 Å². The first kappa shape index (κ1) is 19.4. The highest BCUT2D eigenvalue weighted by Crippen LogP contribution is 2.31. The van der Waals surface area contributed by atoms with Crippen molar-refractivity contribution in [2.24, 2.45) is 0 Å². The fourth-order valence-corrected chi connectivity index (χ4v) is 4.48. The summed E-state index contributed by atoms with van der Waals surface area (Å²) >= 11 is 2.62. The molecule has 4 rings (SSSR count). The first-order chi connectivity index (χ1) is 14.1. The van der Waals surface area contributed by atoms with E-state index >= 15 is 0 Å². The summed E-state index contributed by atoms with van der Waals surface area (Å²) < 4.78 is 29.9. The van der Waals surface area contributed by atoms with E-state index in [4.69, 9.17) is 0 Å². The number of aromatic nitrogens is 3. The number of benzene rings is 1. The van der Waals surface area contributed by atoms with Gasteiger partial charge in [0.25, 0.3) is 5.91 Å². The second-order valence-electron chi connectivity index (χ2n) is 6.22. The molecule has 0 saturated heterocycles. The zero-order chi connectivity index (χ0) is 20.2. The average Bonchev–Trinajstić information content (AvgIpc) is 3.44. The third-order valence-electron chi connectivity index (χ3n) is 4.19. The smallest absolute Gasteiger partial charge is 0.252 e. The molecule has 1 amide bonds. The van der Waals surface area contributed by atoms with Crippen molar-refractivity contribution in [1.29, 1.82) is 0 Å². The molecule has 0 N–H and O–H groups in total. The topological polar surface area (TPSA) is 51.0 Å². The Kier molecular flexibility index (Phi) is 5.77. The first-order valence-corrected chi connectivity index (χ1v) is 10.5. The molecule has 0 fully saturated rings. The van der Waals surface area contributed by atoms with E-state index in [9.17, 15) is 13.6 Å². The lowest BCUT2D eigenvalue weighted by molar-refractivity contribution is -0.114. The van der Waals surface area contributed by atoms with E-state index < -0.39 is 11.6 Å². The molecule has 0 aliphatic heterocycles. The Morgan fingerprint density at radius 2 is 2.21 bits per heavy atom. The molecule has 0 spiro atoms. The van der Waals surface area contributed by atoms with Gasteiger partial charge in [0.2, 0.25) is 0 Å². The second-order valence-corrected chi connectivity index (χ2v) is 8.21. The Morgan fingerprint density at radius 1 is 1.31 bits per heavy atom. The van der Waals surface area contributed by atoms with Crippen molar-refractivity contribution in [3.8, 4) is 0 Å². The summed E-state index contributed by atoms with van der Waals surface area (Å²) in [6.07, 6.45) is 9.12. The molecule has 0 aliphatic carbocycles. The van der Waals surface area contributed by atoms with Crippen LogP contribution in [0, 0.1) is 11.6 Å². The van der Waals surface area contributed by atoms with Gasteiger partial charge in [0.15, 0.2) is 10.9 Å². The minimum absolute atomic E-state index is 0.0704. The van der Waals surface area contributed by atoms with Crippen molar-refractivity contribution < 1.29 is 13.6 Å². The van der Waals surface area contributed by atoms with Crippen molar-refractivity contribution in [3.05, 3.63) is 71.0 Å². The molecule has 3 aromatic heterocycles. The predicted octanol–water partition coefficient (Wildman–Crippen LogP) is 4.97. The van der Waals surface area contributed by atoms with Crippen LogP contribution >= 0.6 is 22.7 Å². The van der Waals surface area contributed by atoms with Gasteiger partial charge in [-0.15, -0.1) is 11.3 Å². The average molecular weight is 431 g/mol. The van der Waals surface area contributed by atoms with Crippen LogP contribution in [0.5, 0.6) is 0 Å². The molecule has 0 bridgehead atoms. The number of rotatable bonds is 7. The molecular formula is C20H16F2N4OS2. The maximum absolute atomic E-state index is 14.1. The van der Waals surface area contributed by atoms with Crippen molar-refractivity contribution in [1.82, 2.24) is 14.5 Å². The molecule has 0 radical (unpaired) electrons. The van der Waals surface area contributed by atoms with Crippen molar-refractivity contribution in [2.45, 2.75) is 13.0 Å². The number of nitrogens with zero attached hydrogens (tertiary/aromatic N) is 4. The normalized spacial score (nSPS) is 11.5. The molecule has 0 saturated carbocycles. The van der Waals surface area contributed by atoms with Gasteiger partial charge in [0.05, 0.1) is 11.0 Å². The van der Waals surface area contributed by atoms with Crippen LogP contribution in [0.25, 0.3) is 16.3 Å². The van der Waals surface area contributed by atoms with Gasteiger partial charge in [-0.25, -0.2) is 18.7 Å². The summed E-state index contributed by atoms with van der Waals surface area (Å²) in [5, 5.41) is 2.27. The molecule has 5 nitrogen and oxygen atoms in total. The van der Waals surface area contributed by atoms with Gasteiger partial charge >= 0.3 is 0 Å². The number of halogens is 2. The van der Waals surface area contributed by atoms with Crippen LogP contribution in [0.1, 0.15) is 11.3 Å². The molecule has 9 heteroatoms. The van der Waals surface area contributed by atoms with Crippen LogP contribution in [-0.2, 0) is 11.3 Å². The lowest BCUT2D eigenvalue weighted by Crippen LogP contribution is -2.30. The minimum atomic E-state index is -0.734. The maximum Gasteiger partial charge on any atom is 0.252 e. The molecule has 3 heterocycles. The number of fused-ring (bicyclic) bond motifs is 1. The second kappa shape index (κ2) is 8.62. The van der Waals surface area contributed by atoms with Gasteiger partial charge in [0.1, 0.15) is 11.3 Å². The monoisotopic (exact) mass is 430 g/mol. The SMILES string of the molecule is O=C(/C=C/c1cccs1)N(CCCn1ccnc1)c1nc2c(F)cc(F)cc2s1. The van der Waals surface area contributed by atoms with E-state index in [-0.39, 0.29) is 11.4 Å².